The van der Waals surface area contributed by atoms with E-state index in [1.54, 1.807) is 24.9 Å². The first-order valence-electron chi connectivity index (χ1n) is 5.15. The molecule has 82 valence electrons. The van der Waals surface area contributed by atoms with E-state index in [2.05, 4.69) is 20.4 Å². The van der Waals surface area contributed by atoms with Gasteiger partial charge in [0.1, 0.15) is 7.85 Å². The third-order valence-corrected chi connectivity index (χ3v) is 2.29. The van der Waals surface area contributed by atoms with Crippen LogP contribution in [0.4, 0.5) is 0 Å². The molecule has 0 aromatic rings. The highest BCUT2D eigenvalue weighted by Gasteiger charge is 2.11. The molecule has 0 rings (SSSR count). The number of nitrogens with zero attached hydrogens (tertiary/aromatic N) is 1. The molecule has 0 bridgehead atoms. The van der Waals surface area contributed by atoms with E-state index in [1.165, 1.54) is 0 Å². The van der Waals surface area contributed by atoms with Gasteiger partial charge in [0.25, 0.3) is 0 Å². The number of carbonyl (C=O) groups excluding carboxylic acids is 1. The van der Waals surface area contributed by atoms with Crippen LogP contribution in [-0.2, 0) is 4.79 Å². The maximum absolute atomic E-state index is 11.2. The fraction of sp³-hybridized carbons (Fsp3) is 0.417. The molecule has 0 fully saturated rings. The Kier molecular flexibility index (Phi) is 5.76. The average Bonchev–Trinajstić information content (AvgIpc) is 2.16. The molecule has 0 saturated carbocycles. The van der Waals surface area contributed by atoms with Crippen LogP contribution in [0.15, 0.2) is 36.0 Å². The Morgan fingerprint density at radius 3 is 2.27 bits per heavy atom. The molecule has 0 unspecified atom stereocenters. The largest absolute Gasteiger partial charge is 0.319 e. The second kappa shape index (κ2) is 6.28. The van der Waals surface area contributed by atoms with Gasteiger partial charge in [0.05, 0.1) is 0 Å². The van der Waals surface area contributed by atoms with Gasteiger partial charge in [-0.2, -0.15) is 0 Å². The first-order valence-corrected chi connectivity index (χ1v) is 5.15. The summed E-state index contributed by atoms with van der Waals surface area (Å²) in [4.78, 5) is 12.9. The predicted molar refractivity (Wildman–Crippen MR) is 68.2 cm³/mol. The first kappa shape index (κ1) is 13.8. The number of rotatable bonds is 4. The van der Waals surface area contributed by atoms with Gasteiger partial charge in [0, 0.05) is 19.7 Å². The van der Waals surface area contributed by atoms with Crippen molar-refractivity contribution in [2.75, 3.05) is 7.05 Å². The van der Waals surface area contributed by atoms with Crippen LogP contribution in [0, 0.1) is 5.92 Å². The van der Waals surface area contributed by atoms with Gasteiger partial charge in [0.2, 0.25) is 5.91 Å². The molecule has 0 heterocycles. The second-order valence-electron chi connectivity index (χ2n) is 3.94. The number of hydrogen-bond acceptors (Lipinski definition) is 1. The summed E-state index contributed by atoms with van der Waals surface area (Å²) in [6, 6.07) is 0. The highest BCUT2D eigenvalue weighted by atomic mass is 16.2. The van der Waals surface area contributed by atoms with Crippen molar-refractivity contribution in [3.8, 4) is 0 Å². The number of allylic oxidation sites excluding steroid dienone is 5. The average molecular weight is 205 g/mol. The van der Waals surface area contributed by atoms with Gasteiger partial charge in [0.15, 0.2) is 0 Å². The van der Waals surface area contributed by atoms with Crippen molar-refractivity contribution >= 4 is 13.8 Å². The molecule has 15 heavy (non-hydrogen) atoms. The van der Waals surface area contributed by atoms with Crippen molar-refractivity contribution in [1.82, 2.24) is 4.90 Å². The van der Waals surface area contributed by atoms with Crippen LogP contribution in [0.2, 0.25) is 0 Å². The molecule has 0 aliphatic heterocycles. The summed E-state index contributed by atoms with van der Waals surface area (Å²) in [5.41, 5.74) is 2.11. The van der Waals surface area contributed by atoms with Gasteiger partial charge in [-0.05, 0) is 12.0 Å². The Labute approximate surface area is 93.8 Å². The Bertz CT molecular complexity index is 303. The second-order valence-corrected chi connectivity index (χ2v) is 3.94. The molecule has 0 aliphatic rings. The Morgan fingerprint density at radius 2 is 1.93 bits per heavy atom. The van der Waals surface area contributed by atoms with Crippen molar-refractivity contribution in [2.45, 2.75) is 20.8 Å². The standard InChI is InChI=1S/C12H20BNO/c1-6-11(13)7-8-12(9(2)3)14(5)10(4)15/h6-9H,1,13H2,2-5H3/b11-7+,12-8+. The maximum Gasteiger partial charge on any atom is 0.223 e. The van der Waals surface area contributed by atoms with Gasteiger partial charge >= 0.3 is 0 Å². The molecule has 0 radical (unpaired) electrons. The number of amides is 1. The van der Waals surface area contributed by atoms with E-state index >= 15 is 0 Å². The van der Waals surface area contributed by atoms with E-state index in [0.717, 1.165) is 11.2 Å². The van der Waals surface area contributed by atoms with Crippen molar-refractivity contribution in [3.63, 3.8) is 0 Å². The van der Waals surface area contributed by atoms with E-state index in [-0.39, 0.29) is 5.91 Å². The van der Waals surface area contributed by atoms with Crippen LogP contribution < -0.4 is 0 Å². The normalized spacial score (nSPS) is 12.9. The number of carbonyl (C=O) groups is 1. The topological polar surface area (TPSA) is 20.3 Å². The first-order chi connectivity index (χ1) is 6.90. The highest BCUT2D eigenvalue weighted by molar-refractivity contribution is 6.23. The molecule has 0 aromatic heterocycles. The smallest absolute Gasteiger partial charge is 0.223 e. The molecule has 0 saturated heterocycles. The lowest BCUT2D eigenvalue weighted by atomic mass is 9.95. The molecule has 1 amide bonds. The van der Waals surface area contributed by atoms with E-state index in [1.807, 2.05) is 20.0 Å². The minimum absolute atomic E-state index is 0.0552. The van der Waals surface area contributed by atoms with Crippen LogP contribution in [0.25, 0.3) is 0 Å². The summed E-state index contributed by atoms with van der Waals surface area (Å²) in [6.45, 7) is 9.40. The zero-order valence-electron chi connectivity index (χ0n) is 10.4. The van der Waals surface area contributed by atoms with Crippen molar-refractivity contribution in [1.29, 1.82) is 0 Å². The minimum Gasteiger partial charge on any atom is -0.319 e. The lowest BCUT2D eigenvalue weighted by molar-refractivity contribution is -0.126. The fourth-order valence-electron chi connectivity index (χ4n) is 1.16. The summed E-state index contributed by atoms with van der Waals surface area (Å²) >= 11 is 0. The highest BCUT2D eigenvalue weighted by Crippen LogP contribution is 2.14. The maximum atomic E-state index is 11.2. The molecule has 2 nitrogen and oxygen atoms in total. The van der Waals surface area contributed by atoms with Crippen LogP contribution in [0.3, 0.4) is 0 Å². The van der Waals surface area contributed by atoms with Gasteiger partial charge in [-0.25, -0.2) is 0 Å². The summed E-state index contributed by atoms with van der Waals surface area (Å²) < 4.78 is 0. The third-order valence-electron chi connectivity index (χ3n) is 2.29. The van der Waals surface area contributed by atoms with Crippen molar-refractivity contribution in [3.05, 3.63) is 36.0 Å². The van der Waals surface area contributed by atoms with E-state index < -0.39 is 0 Å². The Morgan fingerprint density at radius 1 is 1.40 bits per heavy atom. The molecular formula is C12H20BNO. The molecule has 0 aromatic carbocycles. The minimum atomic E-state index is 0.0552. The molecular weight excluding hydrogens is 185 g/mol. The van der Waals surface area contributed by atoms with Gasteiger partial charge in [-0.3, -0.25) is 4.79 Å². The summed E-state index contributed by atoms with van der Waals surface area (Å²) in [6.07, 6.45) is 5.74. The zero-order chi connectivity index (χ0) is 12.0. The lowest BCUT2D eigenvalue weighted by Gasteiger charge is -2.22. The van der Waals surface area contributed by atoms with Crippen LogP contribution in [0.5, 0.6) is 0 Å². The van der Waals surface area contributed by atoms with Gasteiger partial charge in [-0.1, -0.05) is 38.1 Å². The molecule has 0 spiro atoms. The Hall–Kier alpha value is -1.25. The summed E-state index contributed by atoms with van der Waals surface area (Å²) in [5, 5.41) is 0. The van der Waals surface area contributed by atoms with Gasteiger partial charge in [-0.15, -0.1) is 0 Å². The Balaban J connectivity index is 4.97. The monoisotopic (exact) mass is 205 g/mol. The molecule has 0 aliphatic carbocycles. The van der Waals surface area contributed by atoms with Crippen molar-refractivity contribution in [2.24, 2.45) is 5.92 Å². The van der Waals surface area contributed by atoms with Crippen LogP contribution in [0.1, 0.15) is 20.8 Å². The SMILES string of the molecule is B/C(C=C)=C/C=C(\C(C)C)N(C)C(C)=O. The van der Waals surface area contributed by atoms with E-state index in [9.17, 15) is 4.79 Å². The van der Waals surface area contributed by atoms with Crippen molar-refractivity contribution < 1.29 is 4.79 Å². The molecule has 0 N–H and O–H groups in total. The predicted octanol–water partition coefficient (Wildman–Crippen LogP) is 1.71. The van der Waals surface area contributed by atoms with E-state index in [0.29, 0.717) is 5.92 Å². The lowest BCUT2D eigenvalue weighted by Crippen LogP contribution is -2.25. The zero-order valence-corrected chi connectivity index (χ0v) is 10.4. The summed E-state index contributed by atoms with van der Waals surface area (Å²) in [7, 11) is 3.78. The van der Waals surface area contributed by atoms with Crippen LogP contribution in [-0.4, -0.2) is 25.7 Å². The quantitative estimate of drug-likeness (QED) is 0.505. The van der Waals surface area contributed by atoms with E-state index in [4.69, 9.17) is 0 Å². The summed E-state index contributed by atoms with van der Waals surface area (Å²) in [5.74, 6) is 0.382. The fourth-order valence-corrected chi connectivity index (χ4v) is 1.16. The van der Waals surface area contributed by atoms with Crippen LogP contribution >= 0.6 is 0 Å². The molecule has 0 atom stereocenters. The molecule has 3 heteroatoms. The third kappa shape index (κ3) is 4.68. The number of hydrogen-bond donors (Lipinski definition) is 0. The van der Waals surface area contributed by atoms with Gasteiger partial charge < -0.3 is 4.90 Å².